The maximum atomic E-state index is 11.8. The highest BCUT2D eigenvalue weighted by atomic mass is 16.5. The molecule has 1 heterocycles. The maximum Gasteiger partial charge on any atom is 0.247 e. The largest absolute Gasteiger partial charge is 0.380 e. The Balaban J connectivity index is 1.66. The minimum absolute atomic E-state index is 0.254. The lowest BCUT2D eigenvalue weighted by molar-refractivity contribution is -0.111. The third-order valence-corrected chi connectivity index (χ3v) is 5.60. The zero-order valence-corrected chi connectivity index (χ0v) is 19.1. The van der Waals surface area contributed by atoms with E-state index in [-0.39, 0.29) is 5.91 Å². The summed E-state index contributed by atoms with van der Waals surface area (Å²) in [5.41, 5.74) is 6.22. The molecular weight excluding hydrogens is 424 g/mol. The van der Waals surface area contributed by atoms with Crippen molar-refractivity contribution in [2.75, 3.05) is 36.5 Å². The van der Waals surface area contributed by atoms with Crippen molar-refractivity contribution >= 4 is 41.0 Å². The lowest BCUT2D eigenvalue weighted by atomic mass is 9.91. The normalized spacial score (nSPS) is 18.4. The quantitative estimate of drug-likeness (QED) is 0.475. The SMILES string of the molecule is C=CC(=O)Nc1cccc(C2=CC=C/C(=C/N=C)C2=Nc2ccc(N3CCCOCC3)cc2)c1. The van der Waals surface area contributed by atoms with Crippen molar-refractivity contribution in [3.8, 4) is 0 Å². The molecule has 1 aliphatic heterocycles. The summed E-state index contributed by atoms with van der Waals surface area (Å²) in [5, 5.41) is 2.82. The second-order valence-corrected chi connectivity index (χ2v) is 7.91. The summed E-state index contributed by atoms with van der Waals surface area (Å²) >= 11 is 0. The fraction of sp³-hybridized carbons (Fsp3) is 0.179. The Hall–Kier alpha value is -4.03. The minimum Gasteiger partial charge on any atom is -0.380 e. The Morgan fingerprint density at radius 2 is 1.97 bits per heavy atom. The Kier molecular flexibility index (Phi) is 7.63. The molecule has 1 fully saturated rings. The first kappa shape index (κ1) is 23.1. The number of ether oxygens (including phenoxy) is 1. The molecule has 0 unspecified atom stereocenters. The van der Waals surface area contributed by atoms with E-state index < -0.39 is 0 Å². The third kappa shape index (κ3) is 5.66. The van der Waals surface area contributed by atoms with Crippen LogP contribution < -0.4 is 10.2 Å². The highest BCUT2D eigenvalue weighted by Crippen LogP contribution is 2.30. The lowest BCUT2D eigenvalue weighted by Gasteiger charge is -2.22. The van der Waals surface area contributed by atoms with Gasteiger partial charge in [-0.2, -0.15) is 0 Å². The molecule has 4 rings (SSSR count). The number of aliphatic imine (C=N–C) groups is 2. The molecule has 1 saturated heterocycles. The van der Waals surface area contributed by atoms with Crippen LogP contribution in [0, 0.1) is 0 Å². The van der Waals surface area contributed by atoms with Crippen LogP contribution in [0.5, 0.6) is 0 Å². The summed E-state index contributed by atoms with van der Waals surface area (Å²) < 4.78 is 5.57. The molecule has 2 aromatic carbocycles. The van der Waals surface area contributed by atoms with E-state index in [1.54, 1.807) is 6.20 Å². The number of anilines is 2. The van der Waals surface area contributed by atoms with E-state index in [1.165, 1.54) is 11.8 Å². The van der Waals surface area contributed by atoms with Crippen molar-refractivity contribution in [1.82, 2.24) is 0 Å². The molecule has 1 aliphatic carbocycles. The van der Waals surface area contributed by atoms with E-state index in [1.807, 2.05) is 54.6 Å². The van der Waals surface area contributed by atoms with Crippen LogP contribution in [-0.2, 0) is 9.53 Å². The molecule has 0 bridgehead atoms. The topological polar surface area (TPSA) is 66.3 Å². The number of amides is 1. The van der Waals surface area contributed by atoms with Gasteiger partial charge in [0, 0.05) is 48.4 Å². The van der Waals surface area contributed by atoms with E-state index in [4.69, 9.17) is 9.73 Å². The third-order valence-electron chi connectivity index (χ3n) is 5.60. The predicted octanol–water partition coefficient (Wildman–Crippen LogP) is 5.35. The van der Waals surface area contributed by atoms with Gasteiger partial charge in [-0.05, 0) is 61.2 Å². The number of hydrogen-bond acceptors (Lipinski definition) is 5. The molecule has 1 N–H and O–H groups in total. The number of benzene rings is 2. The monoisotopic (exact) mass is 452 g/mol. The number of allylic oxidation sites excluding steroid dienone is 5. The number of nitrogens with one attached hydrogen (secondary N) is 1. The first-order chi connectivity index (χ1) is 16.7. The van der Waals surface area contributed by atoms with Gasteiger partial charge in [0.1, 0.15) is 0 Å². The van der Waals surface area contributed by atoms with Gasteiger partial charge < -0.3 is 15.0 Å². The van der Waals surface area contributed by atoms with Crippen LogP contribution in [-0.4, -0.2) is 44.6 Å². The molecule has 0 atom stereocenters. The number of rotatable bonds is 6. The predicted molar refractivity (Wildman–Crippen MR) is 141 cm³/mol. The number of carbonyl (C=O) groups excluding carboxylic acids is 1. The van der Waals surface area contributed by atoms with Crippen LogP contribution in [0.3, 0.4) is 0 Å². The van der Waals surface area contributed by atoms with Crippen molar-refractivity contribution in [2.45, 2.75) is 6.42 Å². The van der Waals surface area contributed by atoms with E-state index in [0.29, 0.717) is 5.69 Å². The standard InChI is InChI=1S/C28H28N4O2/c1-3-27(33)30-24-9-4-7-21(19-24)26-10-5-8-22(20-29-2)28(26)31-23-11-13-25(14-12-23)32-15-6-17-34-18-16-32/h3-5,7-14,19-20H,1-2,6,15-18H2,(H,30,33)/b22-20-,31-28?. The van der Waals surface area contributed by atoms with Crippen molar-refractivity contribution in [3.63, 3.8) is 0 Å². The fourth-order valence-corrected chi connectivity index (χ4v) is 3.95. The zero-order chi connectivity index (χ0) is 23.8. The van der Waals surface area contributed by atoms with Crippen LogP contribution in [0.1, 0.15) is 12.0 Å². The molecule has 2 aromatic rings. The summed E-state index contributed by atoms with van der Waals surface area (Å²) in [5.74, 6) is -0.254. The van der Waals surface area contributed by atoms with Gasteiger partial charge >= 0.3 is 0 Å². The number of carbonyl (C=O) groups is 1. The summed E-state index contributed by atoms with van der Waals surface area (Å²) in [6.07, 6.45) is 9.92. The Morgan fingerprint density at radius 3 is 2.76 bits per heavy atom. The second kappa shape index (κ2) is 11.2. The van der Waals surface area contributed by atoms with Crippen molar-refractivity contribution in [2.24, 2.45) is 9.98 Å². The summed E-state index contributed by atoms with van der Waals surface area (Å²) in [4.78, 5) is 23.1. The van der Waals surface area contributed by atoms with Crippen molar-refractivity contribution in [1.29, 1.82) is 0 Å². The van der Waals surface area contributed by atoms with E-state index in [0.717, 1.165) is 60.8 Å². The molecule has 0 aromatic heterocycles. The van der Waals surface area contributed by atoms with Gasteiger partial charge in [0.15, 0.2) is 0 Å². The molecule has 0 saturated carbocycles. The van der Waals surface area contributed by atoms with Crippen LogP contribution in [0.4, 0.5) is 17.1 Å². The number of nitrogens with zero attached hydrogens (tertiary/aromatic N) is 3. The lowest BCUT2D eigenvalue weighted by Crippen LogP contribution is -2.25. The van der Waals surface area contributed by atoms with Gasteiger partial charge in [-0.25, -0.2) is 4.99 Å². The Bertz CT molecular complexity index is 1180. The average molecular weight is 453 g/mol. The highest BCUT2D eigenvalue weighted by Gasteiger charge is 2.17. The molecule has 6 heteroatoms. The van der Waals surface area contributed by atoms with Crippen LogP contribution >= 0.6 is 0 Å². The number of hydrogen-bond donors (Lipinski definition) is 1. The highest BCUT2D eigenvalue weighted by molar-refractivity contribution is 6.34. The molecule has 0 radical (unpaired) electrons. The average Bonchev–Trinajstić information content (AvgIpc) is 3.15. The van der Waals surface area contributed by atoms with E-state index >= 15 is 0 Å². The summed E-state index contributed by atoms with van der Waals surface area (Å²) in [6.45, 7) is 10.6. The van der Waals surface area contributed by atoms with Crippen molar-refractivity contribution < 1.29 is 9.53 Å². The summed E-state index contributed by atoms with van der Waals surface area (Å²) in [6, 6.07) is 15.9. The Labute approximate surface area is 200 Å². The van der Waals surface area contributed by atoms with E-state index in [2.05, 4.69) is 40.6 Å². The fourth-order valence-electron chi connectivity index (χ4n) is 3.95. The van der Waals surface area contributed by atoms with E-state index in [9.17, 15) is 4.79 Å². The van der Waals surface area contributed by atoms with Crippen LogP contribution in [0.25, 0.3) is 5.57 Å². The molecule has 172 valence electrons. The summed E-state index contributed by atoms with van der Waals surface area (Å²) in [7, 11) is 0. The molecule has 6 nitrogen and oxygen atoms in total. The van der Waals surface area contributed by atoms with Crippen LogP contribution in [0.15, 0.2) is 101 Å². The van der Waals surface area contributed by atoms with Crippen LogP contribution in [0.2, 0.25) is 0 Å². The molecule has 1 amide bonds. The van der Waals surface area contributed by atoms with Gasteiger partial charge in [0.2, 0.25) is 5.91 Å². The molecule has 34 heavy (non-hydrogen) atoms. The smallest absolute Gasteiger partial charge is 0.247 e. The zero-order valence-electron chi connectivity index (χ0n) is 19.1. The first-order valence-electron chi connectivity index (χ1n) is 11.3. The minimum atomic E-state index is -0.254. The van der Waals surface area contributed by atoms with Crippen molar-refractivity contribution in [3.05, 3.63) is 96.8 Å². The molecule has 2 aliphatic rings. The van der Waals surface area contributed by atoms with Gasteiger partial charge in [0.25, 0.3) is 0 Å². The molecule has 0 spiro atoms. The first-order valence-corrected chi connectivity index (χ1v) is 11.3. The Morgan fingerprint density at radius 1 is 1.12 bits per heavy atom. The van der Waals surface area contributed by atoms with Gasteiger partial charge in [-0.3, -0.25) is 9.79 Å². The maximum absolute atomic E-state index is 11.8. The second-order valence-electron chi connectivity index (χ2n) is 7.91. The van der Waals surface area contributed by atoms with Gasteiger partial charge in [0.05, 0.1) is 18.0 Å². The molecular formula is C28H28N4O2. The van der Waals surface area contributed by atoms with Gasteiger partial charge in [-0.1, -0.05) is 36.9 Å². The van der Waals surface area contributed by atoms with Gasteiger partial charge in [-0.15, -0.1) is 0 Å².